The van der Waals surface area contributed by atoms with Crippen molar-refractivity contribution < 1.29 is 0 Å². The van der Waals surface area contributed by atoms with Crippen molar-refractivity contribution in [2.24, 2.45) is 0 Å². The first-order valence-corrected chi connectivity index (χ1v) is 5.10. The van der Waals surface area contributed by atoms with E-state index in [-0.39, 0.29) is 0 Å². The van der Waals surface area contributed by atoms with Crippen LogP contribution < -0.4 is 5.73 Å². The number of nitrogens with two attached hydrogens (primary N) is 1. The first-order chi connectivity index (χ1) is 6.86. The van der Waals surface area contributed by atoms with Crippen LogP contribution in [0.15, 0.2) is 29.9 Å². The second-order valence-electron chi connectivity index (χ2n) is 3.07. The van der Waals surface area contributed by atoms with Crippen LogP contribution in [-0.4, -0.2) is 9.97 Å². The molecule has 0 amide bonds. The molecule has 0 aliphatic carbocycles. The van der Waals surface area contributed by atoms with Crippen molar-refractivity contribution in [2.75, 3.05) is 5.73 Å². The van der Waals surface area contributed by atoms with Crippen molar-refractivity contribution in [3.63, 3.8) is 0 Å². The van der Waals surface area contributed by atoms with Gasteiger partial charge in [0.05, 0.1) is 21.4 Å². The summed E-state index contributed by atoms with van der Waals surface area (Å²) in [6.45, 7) is 0. The van der Waals surface area contributed by atoms with Crippen LogP contribution in [0, 0.1) is 0 Å². The minimum Gasteiger partial charge on any atom is -0.397 e. The van der Waals surface area contributed by atoms with Crippen molar-refractivity contribution in [1.29, 1.82) is 0 Å². The van der Waals surface area contributed by atoms with Crippen LogP contribution in [0.25, 0.3) is 21.1 Å². The minimum atomic E-state index is 0.724. The summed E-state index contributed by atoms with van der Waals surface area (Å²) >= 11 is 1.58. The van der Waals surface area contributed by atoms with Crippen molar-refractivity contribution in [3.8, 4) is 0 Å². The molecule has 3 aromatic rings. The molecule has 3 nitrogen and oxygen atoms in total. The summed E-state index contributed by atoms with van der Waals surface area (Å²) in [6.07, 6.45) is 1.79. The Hall–Kier alpha value is -1.68. The Bertz CT molecular complexity index is 615. The molecular weight excluding hydrogens is 194 g/mol. The smallest absolute Gasteiger partial charge is 0.106 e. The van der Waals surface area contributed by atoms with Gasteiger partial charge in [-0.05, 0) is 12.1 Å². The van der Waals surface area contributed by atoms with E-state index in [2.05, 4.69) is 9.97 Å². The Balaban J connectivity index is 2.66. The molecule has 68 valence electrons. The maximum absolute atomic E-state index is 5.88. The Morgan fingerprint density at radius 3 is 3.07 bits per heavy atom. The zero-order chi connectivity index (χ0) is 9.54. The second-order valence-corrected chi connectivity index (χ2v) is 3.93. The predicted molar refractivity (Wildman–Crippen MR) is 59.3 cm³/mol. The van der Waals surface area contributed by atoms with E-state index in [0.29, 0.717) is 0 Å². The summed E-state index contributed by atoms with van der Waals surface area (Å²) in [5.41, 5.74) is 10.3. The van der Waals surface area contributed by atoms with Gasteiger partial charge < -0.3 is 5.73 Å². The molecule has 3 rings (SSSR count). The highest BCUT2D eigenvalue weighted by Crippen LogP contribution is 2.30. The van der Waals surface area contributed by atoms with Gasteiger partial charge in [-0.25, -0.2) is 4.98 Å². The van der Waals surface area contributed by atoms with E-state index in [9.17, 15) is 0 Å². The molecule has 0 bridgehead atoms. The van der Waals surface area contributed by atoms with Crippen LogP contribution >= 0.6 is 11.3 Å². The van der Waals surface area contributed by atoms with E-state index in [0.717, 1.165) is 26.8 Å². The number of nitrogen functional groups attached to an aromatic ring is 1. The largest absolute Gasteiger partial charge is 0.397 e. The van der Waals surface area contributed by atoms with Gasteiger partial charge in [0, 0.05) is 11.6 Å². The maximum atomic E-state index is 5.88. The fourth-order valence-electron chi connectivity index (χ4n) is 1.58. The molecule has 2 N–H and O–H groups in total. The quantitative estimate of drug-likeness (QED) is 0.568. The van der Waals surface area contributed by atoms with E-state index >= 15 is 0 Å². The molecule has 0 unspecified atom stereocenters. The maximum Gasteiger partial charge on any atom is 0.106 e. The van der Waals surface area contributed by atoms with Crippen molar-refractivity contribution >= 4 is 38.1 Å². The number of pyridine rings is 1. The van der Waals surface area contributed by atoms with E-state index in [1.807, 2.05) is 18.2 Å². The molecule has 14 heavy (non-hydrogen) atoms. The highest BCUT2D eigenvalue weighted by molar-refractivity contribution is 7.17. The van der Waals surface area contributed by atoms with Crippen LogP contribution in [-0.2, 0) is 0 Å². The lowest BCUT2D eigenvalue weighted by atomic mass is 10.2. The van der Waals surface area contributed by atoms with Crippen LogP contribution in [0.3, 0.4) is 0 Å². The predicted octanol–water partition coefficient (Wildman–Crippen LogP) is 2.43. The van der Waals surface area contributed by atoms with E-state index in [1.165, 1.54) is 0 Å². The Kier molecular flexibility index (Phi) is 1.46. The summed E-state index contributed by atoms with van der Waals surface area (Å²) in [7, 11) is 0. The van der Waals surface area contributed by atoms with Gasteiger partial charge in [0.15, 0.2) is 0 Å². The summed E-state index contributed by atoms with van der Waals surface area (Å²) in [5.74, 6) is 0. The van der Waals surface area contributed by atoms with Gasteiger partial charge in [-0.1, -0.05) is 6.07 Å². The Morgan fingerprint density at radius 1 is 1.21 bits per heavy atom. The number of rotatable bonds is 0. The van der Waals surface area contributed by atoms with Crippen molar-refractivity contribution in [3.05, 3.63) is 29.9 Å². The Labute approximate surface area is 84.2 Å². The van der Waals surface area contributed by atoms with Gasteiger partial charge in [0.25, 0.3) is 0 Å². The molecule has 4 heteroatoms. The summed E-state index contributed by atoms with van der Waals surface area (Å²) < 4.78 is 1.07. The molecule has 0 saturated heterocycles. The van der Waals surface area contributed by atoms with E-state index < -0.39 is 0 Å². The van der Waals surface area contributed by atoms with Gasteiger partial charge in [-0.2, -0.15) is 0 Å². The molecule has 0 atom stereocenters. The third-order valence-electron chi connectivity index (χ3n) is 2.21. The zero-order valence-corrected chi connectivity index (χ0v) is 8.08. The first-order valence-electron chi connectivity index (χ1n) is 4.22. The lowest BCUT2D eigenvalue weighted by Crippen LogP contribution is -1.88. The average molecular weight is 201 g/mol. The number of hydrogen-bond donors (Lipinski definition) is 1. The van der Waals surface area contributed by atoms with Crippen LogP contribution in [0.5, 0.6) is 0 Å². The molecular formula is C10H7N3S. The van der Waals surface area contributed by atoms with Gasteiger partial charge in [-0.3, -0.25) is 4.98 Å². The number of aromatic nitrogens is 2. The lowest BCUT2D eigenvalue weighted by Gasteiger charge is -1.99. The molecule has 2 heterocycles. The first kappa shape index (κ1) is 7.70. The van der Waals surface area contributed by atoms with E-state index in [1.54, 1.807) is 23.0 Å². The third-order valence-corrected chi connectivity index (χ3v) is 3.04. The number of thiazole rings is 1. The summed E-state index contributed by atoms with van der Waals surface area (Å²) in [4.78, 5) is 8.56. The van der Waals surface area contributed by atoms with Crippen molar-refractivity contribution in [1.82, 2.24) is 9.97 Å². The number of anilines is 1. The summed E-state index contributed by atoms with van der Waals surface area (Å²) in [6, 6.07) is 5.84. The molecule has 0 radical (unpaired) electrons. The molecule has 2 aromatic heterocycles. The van der Waals surface area contributed by atoms with E-state index in [4.69, 9.17) is 5.73 Å². The summed E-state index contributed by atoms with van der Waals surface area (Å²) in [5, 5.41) is 1.07. The third kappa shape index (κ3) is 0.914. The SMILES string of the molecule is Nc1cc2cccnc2c2scnc12. The van der Waals surface area contributed by atoms with Gasteiger partial charge >= 0.3 is 0 Å². The molecule has 0 aliphatic rings. The van der Waals surface area contributed by atoms with Crippen LogP contribution in [0.2, 0.25) is 0 Å². The fraction of sp³-hybridized carbons (Fsp3) is 0. The lowest BCUT2D eigenvalue weighted by molar-refractivity contribution is 1.43. The average Bonchev–Trinajstić information content (AvgIpc) is 2.67. The zero-order valence-electron chi connectivity index (χ0n) is 7.27. The number of benzene rings is 1. The second kappa shape index (κ2) is 2.65. The fourth-order valence-corrected chi connectivity index (χ4v) is 2.41. The Morgan fingerprint density at radius 2 is 2.14 bits per heavy atom. The van der Waals surface area contributed by atoms with Crippen molar-refractivity contribution in [2.45, 2.75) is 0 Å². The monoisotopic (exact) mass is 201 g/mol. The standard InChI is InChI=1S/C10H7N3S/c11-7-4-6-2-1-3-12-8(6)10-9(7)13-5-14-10/h1-5H,11H2. The van der Waals surface area contributed by atoms with Gasteiger partial charge in [-0.15, -0.1) is 11.3 Å². The topological polar surface area (TPSA) is 51.8 Å². The highest BCUT2D eigenvalue weighted by Gasteiger charge is 2.06. The highest BCUT2D eigenvalue weighted by atomic mass is 32.1. The number of hydrogen-bond acceptors (Lipinski definition) is 4. The number of fused-ring (bicyclic) bond motifs is 3. The molecule has 0 aliphatic heterocycles. The van der Waals surface area contributed by atoms with Crippen LogP contribution in [0.1, 0.15) is 0 Å². The molecule has 0 saturated carbocycles. The number of nitrogens with zero attached hydrogens (tertiary/aromatic N) is 2. The normalized spacial score (nSPS) is 11.1. The molecule has 0 spiro atoms. The molecule has 0 fully saturated rings. The van der Waals surface area contributed by atoms with Crippen LogP contribution in [0.4, 0.5) is 5.69 Å². The molecule has 1 aromatic carbocycles. The van der Waals surface area contributed by atoms with Gasteiger partial charge in [0.1, 0.15) is 5.52 Å². The van der Waals surface area contributed by atoms with Gasteiger partial charge in [0.2, 0.25) is 0 Å². The minimum absolute atomic E-state index is 0.724.